The van der Waals surface area contributed by atoms with E-state index in [0.717, 1.165) is 34.6 Å². The van der Waals surface area contributed by atoms with Crippen LogP contribution in [0.4, 0.5) is 0 Å². The highest BCUT2D eigenvalue weighted by atomic mass is 32.2. The maximum absolute atomic E-state index is 12.3. The largest absolute Gasteiger partial charge is 0.462 e. The molecular weight excluding hydrogens is 430 g/mol. The fourth-order valence-corrected chi connectivity index (χ4v) is 4.54. The first-order chi connectivity index (χ1) is 16.0. The zero-order valence-electron chi connectivity index (χ0n) is 19.6. The molecule has 1 atom stereocenters. The third-order valence-electron chi connectivity index (χ3n) is 5.24. The Morgan fingerprint density at radius 3 is 2.36 bits per heavy atom. The van der Waals surface area contributed by atoms with Crippen LogP contribution in [-0.4, -0.2) is 36.0 Å². The molecule has 3 aromatic rings. The van der Waals surface area contributed by atoms with Crippen LogP contribution in [-0.2, 0) is 11.2 Å². The number of carbonyl (C=O) groups is 1. The minimum Gasteiger partial charge on any atom is -0.462 e. The number of carbonyl (C=O) groups excluding carboxylic acids is 1. The maximum atomic E-state index is 12.3. The molecule has 2 N–H and O–H groups in total. The Bertz CT molecular complexity index is 1020. The molecule has 0 spiro atoms. The second-order valence-corrected chi connectivity index (χ2v) is 9.79. The van der Waals surface area contributed by atoms with Crippen LogP contribution in [0.3, 0.4) is 0 Å². The lowest BCUT2D eigenvalue weighted by Gasteiger charge is -2.13. The van der Waals surface area contributed by atoms with Gasteiger partial charge in [-0.1, -0.05) is 74.5 Å². The number of nitrogens with one attached hydrogen (secondary N) is 1. The summed E-state index contributed by atoms with van der Waals surface area (Å²) in [6.07, 6.45) is 0.391. The molecule has 0 aromatic heterocycles. The van der Waals surface area contributed by atoms with Gasteiger partial charge < -0.3 is 15.2 Å². The maximum Gasteiger partial charge on any atom is 0.339 e. The van der Waals surface area contributed by atoms with Crippen molar-refractivity contribution in [3.8, 4) is 11.1 Å². The van der Waals surface area contributed by atoms with Crippen LogP contribution < -0.4 is 5.32 Å². The molecule has 3 rings (SSSR count). The van der Waals surface area contributed by atoms with E-state index in [2.05, 4.69) is 49.5 Å². The Morgan fingerprint density at radius 1 is 1.00 bits per heavy atom. The van der Waals surface area contributed by atoms with Gasteiger partial charge in [0.05, 0.1) is 18.3 Å². The van der Waals surface area contributed by atoms with Crippen molar-refractivity contribution in [1.29, 1.82) is 0 Å². The van der Waals surface area contributed by atoms with Gasteiger partial charge in [-0.3, -0.25) is 0 Å². The predicted molar refractivity (Wildman–Crippen MR) is 137 cm³/mol. The first kappa shape index (κ1) is 25.0. The molecule has 0 aliphatic heterocycles. The van der Waals surface area contributed by atoms with E-state index in [1.165, 1.54) is 5.56 Å². The number of aliphatic hydroxyl groups is 1. The summed E-state index contributed by atoms with van der Waals surface area (Å²) in [6.45, 7) is 7.76. The second kappa shape index (κ2) is 12.6. The van der Waals surface area contributed by atoms with Gasteiger partial charge in [0, 0.05) is 16.7 Å². The molecule has 174 valence electrons. The number of rotatable bonds is 11. The minimum atomic E-state index is -0.496. The topological polar surface area (TPSA) is 58.6 Å². The van der Waals surface area contributed by atoms with Crippen molar-refractivity contribution in [2.75, 3.05) is 19.7 Å². The van der Waals surface area contributed by atoms with Gasteiger partial charge >= 0.3 is 5.97 Å². The minimum absolute atomic E-state index is 0.271. The molecule has 33 heavy (non-hydrogen) atoms. The molecule has 0 aliphatic rings. The molecule has 0 amide bonds. The smallest absolute Gasteiger partial charge is 0.339 e. The Balaban J connectivity index is 1.60. The van der Waals surface area contributed by atoms with Gasteiger partial charge in [0.2, 0.25) is 0 Å². The first-order valence-corrected chi connectivity index (χ1v) is 12.4. The number of hydrogen-bond acceptors (Lipinski definition) is 5. The summed E-state index contributed by atoms with van der Waals surface area (Å²) in [5.74, 6) is -0.271. The number of esters is 1. The molecule has 4 nitrogen and oxygen atoms in total. The average Bonchev–Trinajstić information content (AvgIpc) is 2.82. The van der Waals surface area contributed by atoms with Gasteiger partial charge in [-0.05, 0) is 54.3 Å². The van der Waals surface area contributed by atoms with Crippen LogP contribution in [0.5, 0.6) is 0 Å². The molecule has 0 fully saturated rings. The van der Waals surface area contributed by atoms with E-state index < -0.39 is 6.10 Å². The van der Waals surface area contributed by atoms with Crippen LogP contribution in [0.25, 0.3) is 11.1 Å². The summed E-state index contributed by atoms with van der Waals surface area (Å²) in [7, 11) is 0. The van der Waals surface area contributed by atoms with Crippen LogP contribution in [0.2, 0.25) is 0 Å². The fourth-order valence-electron chi connectivity index (χ4n) is 3.56. The molecule has 5 heteroatoms. The Labute approximate surface area is 201 Å². The molecule has 0 saturated heterocycles. The fraction of sp³-hybridized carbons (Fsp3) is 0.321. The van der Waals surface area contributed by atoms with Gasteiger partial charge in [-0.25, -0.2) is 4.79 Å². The molecule has 0 bridgehead atoms. The van der Waals surface area contributed by atoms with E-state index in [1.54, 1.807) is 11.8 Å². The van der Waals surface area contributed by atoms with Crippen molar-refractivity contribution in [3.63, 3.8) is 0 Å². The molecule has 0 radical (unpaired) electrons. The van der Waals surface area contributed by atoms with Crippen LogP contribution in [0.1, 0.15) is 48.4 Å². The van der Waals surface area contributed by atoms with Gasteiger partial charge in [-0.2, -0.15) is 0 Å². The SMILES string of the molecule is CCOC(=O)c1ccc(-c2ccc(CCNC[C@H](O)c3ccccc3)cc2)cc1SC(C)C. The number of ether oxygens (including phenoxy) is 1. The summed E-state index contributed by atoms with van der Waals surface area (Å²) in [5.41, 5.74) is 4.99. The monoisotopic (exact) mass is 463 g/mol. The lowest BCUT2D eigenvalue weighted by Crippen LogP contribution is -2.23. The molecular formula is C28H33NO3S. The highest BCUT2D eigenvalue weighted by molar-refractivity contribution is 8.00. The summed E-state index contributed by atoms with van der Waals surface area (Å²) in [6, 6.07) is 24.2. The van der Waals surface area contributed by atoms with Gasteiger partial charge in [0.15, 0.2) is 0 Å². The molecule has 0 saturated carbocycles. The van der Waals surface area contributed by atoms with Gasteiger partial charge in [0.25, 0.3) is 0 Å². The van der Waals surface area contributed by atoms with Crippen LogP contribution in [0, 0.1) is 0 Å². The van der Waals surface area contributed by atoms with Crippen molar-refractivity contribution in [2.24, 2.45) is 0 Å². The van der Waals surface area contributed by atoms with Crippen molar-refractivity contribution in [3.05, 3.63) is 89.5 Å². The third kappa shape index (κ3) is 7.46. The lowest BCUT2D eigenvalue weighted by molar-refractivity contribution is 0.0522. The van der Waals surface area contributed by atoms with Crippen molar-refractivity contribution >= 4 is 17.7 Å². The molecule has 3 aromatic carbocycles. The van der Waals surface area contributed by atoms with Gasteiger partial charge in [0.1, 0.15) is 0 Å². The summed E-state index contributed by atoms with van der Waals surface area (Å²) < 4.78 is 5.22. The summed E-state index contributed by atoms with van der Waals surface area (Å²) in [4.78, 5) is 13.3. The van der Waals surface area contributed by atoms with E-state index in [0.29, 0.717) is 24.0 Å². The predicted octanol–water partition coefficient (Wildman–Crippen LogP) is 5.90. The van der Waals surface area contributed by atoms with Crippen molar-refractivity contribution in [1.82, 2.24) is 5.32 Å². The zero-order valence-corrected chi connectivity index (χ0v) is 20.4. The second-order valence-electron chi connectivity index (χ2n) is 8.18. The Morgan fingerprint density at radius 2 is 1.70 bits per heavy atom. The number of aliphatic hydroxyl groups excluding tert-OH is 1. The van der Waals surface area contributed by atoms with Crippen LogP contribution >= 0.6 is 11.8 Å². The number of benzene rings is 3. The van der Waals surface area contributed by atoms with E-state index in [-0.39, 0.29) is 5.97 Å². The van der Waals surface area contributed by atoms with E-state index >= 15 is 0 Å². The first-order valence-electron chi connectivity index (χ1n) is 11.5. The van der Waals surface area contributed by atoms with Crippen molar-refractivity contribution < 1.29 is 14.6 Å². The van der Waals surface area contributed by atoms with Crippen LogP contribution in [0.15, 0.2) is 77.7 Å². The normalized spacial score (nSPS) is 12.0. The quantitative estimate of drug-likeness (QED) is 0.211. The van der Waals surface area contributed by atoms with E-state index in [4.69, 9.17) is 4.74 Å². The number of hydrogen-bond donors (Lipinski definition) is 2. The lowest BCUT2D eigenvalue weighted by atomic mass is 10.0. The third-order valence-corrected chi connectivity index (χ3v) is 6.30. The Hall–Kier alpha value is -2.60. The average molecular weight is 464 g/mol. The highest BCUT2D eigenvalue weighted by Gasteiger charge is 2.15. The zero-order chi connectivity index (χ0) is 23.6. The molecule has 0 aliphatic carbocycles. The standard InChI is InChI=1S/C28H33NO3S/c1-4-32-28(31)25-15-14-24(18-27(25)33-20(2)3)22-12-10-21(11-13-22)16-17-29-19-26(30)23-8-6-5-7-9-23/h5-15,18,20,26,29-30H,4,16-17,19H2,1-3H3/t26-/m0/s1. The van der Waals surface area contributed by atoms with E-state index in [1.807, 2.05) is 49.4 Å². The molecule has 0 heterocycles. The van der Waals surface area contributed by atoms with E-state index in [9.17, 15) is 9.90 Å². The molecule has 0 unspecified atom stereocenters. The Kier molecular flexibility index (Phi) is 9.55. The highest BCUT2D eigenvalue weighted by Crippen LogP contribution is 2.32. The summed E-state index contributed by atoms with van der Waals surface area (Å²) >= 11 is 1.68. The van der Waals surface area contributed by atoms with Crippen molar-refractivity contribution in [2.45, 2.75) is 43.4 Å². The van der Waals surface area contributed by atoms with Gasteiger partial charge in [-0.15, -0.1) is 11.8 Å². The number of thioether (sulfide) groups is 1. The summed E-state index contributed by atoms with van der Waals surface area (Å²) in [5, 5.41) is 13.9.